The fraction of sp³-hybridized carbons (Fsp3) is 0.444. The van der Waals surface area contributed by atoms with Crippen LogP contribution in [-0.4, -0.2) is 21.7 Å². The van der Waals surface area contributed by atoms with Gasteiger partial charge in [-0.15, -0.1) is 0 Å². The van der Waals surface area contributed by atoms with Gasteiger partial charge in [-0.25, -0.2) is 4.68 Å². The Morgan fingerprint density at radius 1 is 1.60 bits per heavy atom. The number of nitrogen functional groups attached to an aromatic ring is 1. The van der Waals surface area contributed by atoms with Crippen LogP contribution in [0, 0.1) is 0 Å². The van der Waals surface area contributed by atoms with Gasteiger partial charge in [0.25, 0.3) is 5.56 Å². The Labute approximate surface area is 86.1 Å². The van der Waals surface area contributed by atoms with Gasteiger partial charge in [-0.2, -0.15) is 5.10 Å². The summed E-state index contributed by atoms with van der Waals surface area (Å²) in [6, 6.07) is 3.00. The number of hydrogen-bond donors (Lipinski definition) is 2. The molecule has 1 amide bonds. The van der Waals surface area contributed by atoms with Crippen molar-refractivity contribution in [3.8, 4) is 0 Å². The standard InChI is InChI=1S/C9H12N4O2/c10-7-3-4-9(15)13(12-7)5-8(14)11-6-1-2-6/h3-4,6H,1-2,5H2,(H2,10,12)(H,11,14). The Hall–Kier alpha value is -1.85. The molecule has 0 spiro atoms. The molecule has 0 radical (unpaired) electrons. The first kappa shape index (κ1) is 9.70. The number of rotatable bonds is 3. The third-order valence-electron chi connectivity index (χ3n) is 2.12. The van der Waals surface area contributed by atoms with E-state index < -0.39 is 0 Å². The summed E-state index contributed by atoms with van der Waals surface area (Å²) in [4.78, 5) is 22.6. The monoisotopic (exact) mass is 208 g/mol. The van der Waals surface area contributed by atoms with Crippen LogP contribution < -0.4 is 16.6 Å². The number of nitrogens with zero attached hydrogens (tertiary/aromatic N) is 2. The van der Waals surface area contributed by atoms with Crippen LogP contribution in [0.2, 0.25) is 0 Å². The molecule has 15 heavy (non-hydrogen) atoms. The summed E-state index contributed by atoms with van der Waals surface area (Å²) < 4.78 is 1.06. The van der Waals surface area contributed by atoms with E-state index in [4.69, 9.17) is 5.73 Å². The molecule has 1 aromatic heterocycles. The Kier molecular flexibility index (Phi) is 2.40. The van der Waals surface area contributed by atoms with E-state index in [1.54, 1.807) is 0 Å². The fourth-order valence-corrected chi connectivity index (χ4v) is 1.21. The number of hydrogen-bond acceptors (Lipinski definition) is 4. The van der Waals surface area contributed by atoms with Crippen LogP contribution >= 0.6 is 0 Å². The van der Waals surface area contributed by atoms with Crippen molar-refractivity contribution in [3.05, 3.63) is 22.5 Å². The first-order valence-corrected chi connectivity index (χ1v) is 4.78. The molecular formula is C9H12N4O2. The number of carbonyl (C=O) groups excluding carboxylic acids is 1. The van der Waals surface area contributed by atoms with E-state index in [0.717, 1.165) is 17.5 Å². The maximum absolute atomic E-state index is 11.4. The van der Waals surface area contributed by atoms with Gasteiger partial charge in [0.1, 0.15) is 12.4 Å². The van der Waals surface area contributed by atoms with E-state index in [1.807, 2.05) is 0 Å². The molecule has 1 heterocycles. The van der Waals surface area contributed by atoms with Gasteiger partial charge in [-0.3, -0.25) is 9.59 Å². The van der Waals surface area contributed by atoms with E-state index in [-0.39, 0.29) is 29.9 Å². The first-order chi connectivity index (χ1) is 7.15. The van der Waals surface area contributed by atoms with E-state index >= 15 is 0 Å². The highest BCUT2D eigenvalue weighted by Gasteiger charge is 2.23. The topological polar surface area (TPSA) is 90.0 Å². The maximum Gasteiger partial charge on any atom is 0.267 e. The van der Waals surface area contributed by atoms with Crippen molar-refractivity contribution in [2.45, 2.75) is 25.4 Å². The summed E-state index contributed by atoms with van der Waals surface area (Å²) in [7, 11) is 0. The predicted molar refractivity (Wildman–Crippen MR) is 54.1 cm³/mol. The van der Waals surface area contributed by atoms with Crippen LogP contribution in [0.1, 0.15) is 12.8 Å². The van der Waals surface area contributed by atoms with Crippen LogP contribution in [0.4, 0.5) is 5.82 Å². The summed E-state index contributed by atoms with van der Waals surface area (Å²) in [6.07, 6.45) is 2.04. The zero-order chi connectivity index (χ0) is 10.8. The van der Waals surface area contributed by atoms with E-state index in [1.165, 1.54) is 12.1 Å². The SMILES string of the molecule is Nc1ccc(=O)n(CC(=O)NC2CC2)n1. The molecule has 0 atom stereocenters. The largest absolute Gasteiger partial charge is 0.382 e. The van der Waals surface area contributed by atoms with Gasteiger partial charge in [-0.05, 0) is 18.9 Å². The number of amides is 1. The lowest BCUT2D eigenvalue weighted by molar-refractivity contribution is -0.122. The highest BCUT2D eigenvalue weighted by Crippen LogP contribution is 2.18. The van der Waals surface area contributed by atoms with Crippen molar-refractivity contribution < 1.29 is 4.79 Å². The quantitative estimate of drug-likeness (QED) is 0.673. The third kappa shape index (κ3) is 2.55. The molecule has 0 unspecified atom stereocenters. The van der Waals surface area contributed by atoms with Gasteiger partial charge >= 0.3 is 0 Å². The highest BCUT2D eigenvalue weighted by atomic mass is 16.2. The van der Waals surface area contributed by atoms with Crippen molar-refractivity contribution in [2.75, 3.05) is 5.73 Å². The molecule has 6 nitrogen and oxygen atoms in total. The molecule has 0 aliphatic heterocycles. The maximum atomic E-state index is 11.4. The number of nitrogens with one attached hydrogen (secondary N) is 1. The summed E-state index contributed by atoms with van der Waals surface area (Å²) in [6.45, 7) is -0.0691. The molecule has 1 saturated carbocycles. The Bertz CT molecular complexity index is 436. The second kappa shape index (κ2) is 3.72. The molecule has 1 aliphatic rings. The van der Waals surface area contributed by atoms with Crippen molar-refractivity contribution >= 4 is 11.7 Å². The Balaban J connectivity index is 2.05. The molecule has 1 fully saturated rings. The smallest absolute Gasteiger partial charge is 0.267 e. The number of carbonyl (C=O) groups is 1. The number of aromatic nitrogens is 2. The van der Waals surface area contributed by atoms with Crippen molar-refractivity contribution in [2.24, 2.45) is 0 Å². The van der Waals surface area contributed by atoms with Gasteiger partial charge in [0, 0.05) is 12.1 Å². The van der Waals surface area contributed by atoms with E-state index in [0.29, 0.717) is 0 Å². The molecule has 1 aliphatic carbocycles. The molecule has 2 rings (SSSR count). The number of anilines is 1. The second-order valence-corrected chi connectivity index (χ2v) is 3.60. The lowest BCUT2D eigenvalue weighted by Gasteiger charge is -2.05. The fourth-order valence-electron chi connectivity index (χ4n) is 1.21. The molecule has 3 N–H and O–H groups in total. The molecule has 0 bridgehead atoms. The first-order valence-electron chi connectivity index (χ1n) is 4.78. The minimum absolute atomic E-state index is 0.0691. The zero-order valence-corrected chi connectivity index (χ0v) is 8.14. The molecule has 0 saturated heterocycles. The van der Waals surface area contributed by atoms with E-state index in [9.17, 15) is 9.59 Å². The third-order valence-corrected chi connectivity index (χ3v) is 2.12. The Morgan fingerprint density at radius 3 is 3.00 bits per heavy atom. The van der Waals surface area contributed by atoms with Crippen LogP contribution in [0.15, 0.2) is 16.9 Å². The lowest BCUT2D eigenvalue weighted by Crippen LogP contribution is -2.34. The van der Waals surface area contributed by atoms with Crippen LogP contribution in [0.5, 0.6) is 0 Å². The summed E-state index contributed by atoms with van der Waals surface area (Å²) >= 11 is 0. The summed E-state index contributed by atoms with van der Waals surface area (Å²) in [5.74, 6) is 0.0338. The van der Waals surface area contributed by atoms with Crippen LogP contribution in [0.25, 0.3) is 0 Å². The zero-order valence-electron chi connectivity index (χ0n) is 8.14. The van der Waals surface area contributed by atoms with Crippen LogP contribution in [0.3, 0.4) is 0 Å². The van der Waals surface area contributed by atoms with Crippen LogP contribution in [-0.2, 0) is 11.3 Å². The van der Waals surface area contributed by atoms with Gasteiger partial charge in [0.2, 0.25) is 5.91 Å². The minimum Gasteiger partial charge on any atom is -0.382 e. The summed E-state index contributed by atoms with van der Waals surface area (Å²) in [5, 5.41) is 6.53. The van der Waals surface area contributed by atoms with Crippen molar-refractivity contribution in [3.63, 3.8) is 0 Å². The number of nitrogens with two attached hydrogens (primary N) is 1. The molecule has 80 valence electrons. The molecular weight excluding hydrogens is 196 g/mol. The second-order valence-electron chi connectivity index (χ2n) is 3.60. The highest BCUT2D eigenvalue weighted by molar-refractivity contribution is 5.76. The van der Waals surface area contributed by atoms with Gasteiger partial charge in [-0.1, -0.05) is 0 Å². The average Bonchev–Trinajstić information content (AvgIpc) is 2.95. The van der Waals surface area contributed by atoms with Crippen molar-refractivity contribution in [1.29, 1.82) is 0 Å². The van der Waals surface area contributed by atoms with Gasteiger partial charge in [0.15, 0.2) is 0 Å². The van der Waals surface area contributed by atoms with Gasteiger partial charge in [0.05, 0.1) is 0 Å². The van der Waals surface area contributed by atoms with Crippen molar-refractivity contribution in [1.82, 2.24) is 15.1 Å². The molecule has 1 aromatic rings. The normalized spacial score (nSPS) is 14.9. The molecule has 0 aromatic carbocycles. The predicted octanol–water partition coefficient (Wildman–Crippen LogP) is -0.896. The Morgan fingerprint density at radius 2 is 2.33 bits per heavy atom. The summed E-state index contributed by atoms with van der Waals surface area (Å²) in [5.41, 5.74) is 5.09. The molecule has 6 heteroatoms. The van der Waals surface area contributed by atoms with Gasteiger partial charge < -0.3 is 11.1 Å². The minimum atomic E-state index is -0.324. The average molecular weight is 208 g/mol. The lowest BCUT2D eigenvalue weighted by atomic mass is 10.5. The van der Waals surface area contributed by atoms with E-state index in [2.05, 4.69) is 10.4 Å².